The predicted octanol–water partition coefficient (Wildman–Crippen LogP) is 4.03. The molecule has 2 aliphatic heterocycles. The molecule has 2 aliphatic rings. The van der Waals surface area contributed by atoms with Crippen LogP contribution in [0.4, 0.5) is 19.1 Å². The van der Waals surface area contributed by atoms with Crippen LogP contribution >= 0.6 is 0 Å². The molecule has 3 aromatic rings. The largest absolute Gasteiger partial charge is 0.389 e. The van der Waals surface area contributed by atoms with Gasteiger partial charge >= 0.3 is 0 Å². The van der Waals surface area contributed by atoms with Gasteiger partial charge in [-0.1, -0.05) is 19.9 Å². The van der Waals surface area contributed by atoms with Gasteiger partial charge in [-0.25, -0.2) is 23.1 Å². The quantitative estimate of drug-likeness (QED) is 0.420. The highest BCUT2D eigenvalue weighted by atomic mass is 19.3. The lowest BCUT2D eigenvalue weighted by Gasteiger charge is -2.30. The number of pyridine rings is 1. The first-order valence-corrected chi connectivity index (χ1v) is 12.9. The number of halogens is 3. The van der Waals surface area contributed by atoms with E-state index < -0.39 is 30.5 Å². The summed E-state index contributed by atoms with van der Waals surface area (Å²) in [6, 6.07) is 4.69. The SMILES string of the molecule is CC(C)c1c(CN[C@@H]2COCC(F)(F)C2)cnc2ccc(-c3nc(N[C@@H]4CCOC[C@H]4O)ncc3F)cc12. The molecule has 2 aromatic heterocycles. The summed E-state index contributed by atoms with van der Waals surface area (Å²) >= 11 is 0. The van der Waals surface area contributed by atoms with E-state index in [0.29, 0.717) is 25.1 Å². The molecule has 0 spiro atoms. The molecule has 0 radical (unpaired) electrons. The van der Waals surface area contributed by atoms with Gasteiger partial charge in [-0.05, 0) is 35.6 Å². The van der Waals surface area contributed by atoms with E-state index in [0.717, 1.165) is 28.2 Å². The van der Waals surface area contributed by atoms with Gasteiger partial charge in [-0.3, -0.25) is 4.98 Å². The zero-order valence-electron chi connectivity index (χ0n) is 21.4. The number of rotatable bonds is 7. The van der Waals surface area contributed by atoms with Crippen LogP contribution in [0.15, 0.2) is 30.6 Å². The lowest BCUT2D eigenvalue weighted by atomic mass is 9.92. The number of nitrogens with one attached hydrogen (secondary N) is 2. The van der Waals surface area contributed by atoms with Gasteiger partial charge in [0, 0.05) is 42.8 Å². The summed E-state index contributed by atoms with van der Waals surface area (Å²) < 4.78 is 52.8. The standard InChI is InChI=1S/C27H32F3N5O3/c1-15(2)24-17(9-31-18-8-27(29,30)14-38-12-18)10-32-21-4-3-16(7-19(21)24)25-20(28)11-33-26(35-25)34-22-5-6-37-13-23(22)36/h3-4,7,10-11,15,18,22-23,31,36H,5-6,8-9,12-14H2,1-2H3,(H,33,34,35)/t18-,22+,23+/m0/s1. The van der Waals surface area contributed by atoms with Gasteiger partial charge in [0.2, 0.25) is 5.95 Å². The van der Waals surface area contributed by atoms with Crippen molar-refractivity contribution in [2.45, 2.75) is 63.3 Å². The fourth-order valence-electron chi connectivity index (χ4n) is 5.13. The van der Waals surface area contributed by atoms with Gasteiger partial charge < -0.3 is 25.2 Å². The van der Waals surface area contributed by atoms with Crippen LogP contribution in [-0.2, 0) is 16.0 Å². The van der Waals surface area contributed by atoms with Crippen molar-refractivity contribution in [2.24, 2.45) is 0 Å². The van der Waals surface area contributed by atoms with Gasteiger partial charge in [0.1, 0.15) is 12.3 Å². The summed E-state index contributed by atoms with van der Waals surface area (Å²) in [6.45, 7) is 4.86. The van der Waals surface area contributed by atoms with Crippen LogP contribution in [0.5, 0.6) is 0 Å². The second-order valence-electron chi connectivity index (χ2n) is 10.3. The zero-order chi connectivity index (χ0) is 26.9. The number of hydrogen-bond donors (Lipinski definition) is 3. The second-order valence-corrected chi connectivity index (χ2v) is 10.3. The summed E-state index contributed by atoms with van der Waals surface area (Å²) in [5, 5.41) is 17.3. The number of aliphatic hydroxyl groups excluding tert-OH is 1. The number of aliphatic hydroxyl groups is 1. The minimum absolute atomic E-state index is 0.0964. The number of nitrogens with zero attached hydrogens (tertiary/aromatic N) is 3. The van der Waals surface area contributed by atoms with Crippen LogP contribution in [0.2, 0.25) is 0 Å². The summed E-state index contributed by atoms with van der Waals surface area (Å²) in [6.07, 6.45) is 2.48. The summed E-state index contributed by atoms with van der Waals surface area (Å²) in [5.74, 6) is -3.10. The highest BCUT2D eigenvalue weighted by Gasteiger charge is 2.37. The molecule has 3 N–H and O–H groups in total. The lowest BCUT2D eigenvalue weighted by molar-refractivity contribution is -0.125. The van der Waals surface area contributed by atoms with Crippen molar-refractivity contribution in [1.82, 2.24) is 20.3 Å². The number of anilines is 1. The van der Waals surface area contributed by atoms with Gasteiger partial charge in [0.25, 0.3) is 5.92 Å². The first-order chi connectivity index (χ1) is 18.2. The number of aromatic nitrogens is 3. The highest BCUT2D eigenvalue weighted by molar-refractivity contribution is 5.88. The number of fused-ring (bicyclic) bond motifs is 1. The predicted molar refractivity (Wildman–Crippen MR) is 137 cm³/mol. The maximum absolute atomic E-state index is 14.9. The van der Waals surface area contributed by atoms with E-state index in [4.69, 9.17) is 9.47 Å². The molecule has 11 heteroatoms. The van der Waals surface area contributed by atoms with E-state index in [1.807, 2.05) is 12.1 Å². The third-order valence-electron chi connectivity index (χ3n) is 6.99. The second kappa shape index (κ2) is 11.1. The molecule has 204 valence electrons. The van der Waals surface area contributed by atoms with E-state index in [-0.39, 0.29) is 43.2 Å². The molecule has 0 amide bonds. The average molecular weight is 532 g/mol. The van der Waals surface area contributed by atoms with E-state index in [9.17, 15) is 18.3 Å². The lowest BCUT2D eigenvalue weighted by Crippen LogP contribution is -2.45. The van der Waals surface area contributed by atoms with Crippen molar-refractivity contribution in [1.29, 1.82) is 0 Å². The van der Waals surface area contributed by atoms with Crippen LogP contribution < -0.4 is 10.6 Å². The molecule has 2 saturated heterocycles. The van der Waals surface area contributed by atoms with E-state index in [1.165, 1.54) is 0 Å². The Morgan fingerprint density at radius 1 is 1.16 bits per heavy atom. The van der Waals surface area contributed by atoms with Gasteiger partial charge in [0.05, 0.1) is 37.1 Å². The van der Waals surface area contributed by atoms with Crippen molar-refractivity contribution in [2.75, 3.05) is 31.7 Å². The van der Waals surface area contributed by atoms with Crippen LogP contribution in [-0.4, -0.2) is 70.6 Å². The molecule has 0 unspecified atom stereocenters. The third-order valence-corrected chi connectivity index (χ3v) is 6.99. The number of ether oxygens (including phenoxy) is 2. The molecule has 1 aromatic carbocycles. The Morgan fingerprint density at radius 2 is 2.00 bits per heavy atom. The Kier molecular flexibility index (Phi) is 7.80. The van der Waals surface area contributed by atoms with Crippen LogP contribution in [0.25, 0.3) is 22.2 Å². The van der Waals surface area contributed by atoms with Crippen LogP contribution in [0.1, 0.15) is 43.7 Å². The van der Waals surface area contributed by atoms with Gasteiger partial charge in [0.15, 0.2) is 5.82 Å². The number of alkyl halides is 2. The van der Waals surface area contributed by atoms with Gasteiger partial charge in [-0.2, -0.15) is 0 Å². The molecule has 2 fully saturated rings. The van der Waals surface area contributed by atoms with Crippen molar-refractivity contribution < 1.29 is 27.8 Å². The maximum atomic E-state index is 14.9. The van der Waals surface area contributed by atoms with E-state index >= 15 is 0 Å². The van der Waals surface area contributed by atoms with E-state index in [1.54, 1.807) is 12.3 Å². The van der Waals surface area contributed by atoms with Crippen molar-refractivity contribution in [3.8, 4) is 11.3 Å². The van der Waals surface area contributed by atoms with Crippen molar-refractivity contribution in [3.05, 3.63) is 47.5 Å². The Bertz CT molecular complexity index is 1290. The maximum Gasteiger partial charge on any atom is 0.272 e. The molecule has 0 aliphatic carbocycles. The minimum Gasteiger partial charge on any atom is -0.389 e. The summed E-state index contributed by atoms with van der Waals surface area (Å²) in [5.41, 5.74) is 3.32. The normalized spacial score (nSPS) is 23.6. The molecule has 0 saturated carbocycles. The fraction of sp³-hybridized carbons (Fsp3) is 0.519. The highest BCUT2D eigenvalue weighted by Crippen LogP contribution is 2.33. The van der Waals surface area contributed by atoms with Crippen molar-refractivity contribution >= 4 is 16.9 Å². The van der Waals surface area contributed by atoms with Crippen molar-refractivity contribution in [3.63, 3.8) is 0 Å². The molecule has 0 bridgehead atoms. The molecular formula is C27H32F3N5O3. The third kappa shape index (κ3) is 5.90. The molecule has 3 atom stereocenters. The van der Waals surface area contributed by atoms with E-state index in [2.05, 4.69) is 39.4 Å². The molecule has 5 rings (SSSR count). The Labute approximate surface area is 219 Å². The smallest absolute Gasteiger partial charge is 0.272 e. The first-order valence-electron chi connectivity index (χ1n) is 12.9. The summed E-state index contributed by atoms with van der Waals surface area (Å²) in [4.78, 5) is 13.1. The summed E-state index contributed by atoms with van der Waals surface area (Å²) in [7, 11) is 0. The van der Waals surface area contributed by atoms with Crippen LogP contribution in [0.3, 0.4) is 0 Å². The number of benzene rings is 1. The molecular weight excluding hydrogens is 499 g/mol. The van der Waals surface area contributed by atoms with Crippen LogP contribution in [0, 0.1) is 5.82 Å². The molecule has 4 heterocycles. The Morgan fingerprint density at radius 3 is 2.76 bits per heavy atom. The minimum atomic E-state index is -2.84. The molecule has 38 heavy (non-hydrogen) atoms. The van der Waals surface area contributed by atoms with Gasteiger partial charge in [-0.15, -0.1) is 0 Å². The first kappa shape index (κ1) is 26.7. The average Bonchev–Trinajstić information content (AvgIpc) is 2.88. The Balaban J connectivity index is 1.44. The fourth-order valence-corrected chi connectivity index (χ4v) is 5.13. The number of hydrogen-bond acceptors (Lipinski definition) is 8. The molecule has 8 nitrogen and oxygen atoms in total. The topological polar surface area (TPSA) is 101 Å². The monoisotopic (exact) mass is 531 g/mol. The zero-order valence-corrected chi connectivity index (χ0v) is 21.4. The Hall–Kier alpha value is -2.86.